The van der Waals surface area contributed by atoms with Crippen LogP contribution in [0, 0.1) is 25.6 Å². The van der Waals surface area contributed by atoms with Crippen LogP contribution < -0.4 is 10.0 Å². The topological polar surface area (TPSA) is 122 Å². The summed E-state index contributed by atoms with van der Waals surface area (Å²) in [5.74, 6) is -1.38. The van der Waals surface area contributed by atoms with Crippen molar-refractivity contribution in [3.63, 3.8) is 0 Å². The Morgan fingerprint density at radius 3 is 2.38 bits per heavy atom. The third-order valence-corrected chi connectivity index (χ3v) is 7.92. The Morgan fingerprint density at radius 2 is 1.82 bits per heavy atom. The molecule has 1 atom stereocenters. The number of rotatable bonds is 11. The number of hydrogen-bond acceptors (Lipinski definition) is 6. The largest absolute Gasteiger partial charge is 0.357 e. The van der Waals surface area contributed by atoms with E-state index in [1.165, 1.54) is 30.1 Å². The van der Waals surface area contributed by atoms with Crippen LogP contribution in [-0.2, 0) is 26.2 Å². The van der Waals surface area contributed by atoms with Gasteiger partial charge in [-0.2, -0.15) is 0 Å². The molecule has 2 amide bonds. The van der Waals surface area contributed by atoms with Gasteiger partial charge in [0.2, 0.25) is 17.7 Å². The summed E-state index contributed by atoms with van der Waals surface area (Å²) in [6.07, 6.45) is 0.810. The van der Waals surface area contributed by atoms with Gasteiger partial charge in [0, 0.05) is 36.7 Å². The Kier molecular flexibility index (Phi) is 9.49. The highest BCUT2D eigenvalue weighted by atomic mass is 32.2. The molecule has 2 aromatic carbocycles. The van der Waals surface area contributed by atoms with Gasteiger partial charge in [-0.3, -0.25) is 9.59 Å². The van der Waals surface area contributed by atoms with Crippen LogP contribution in [0.1, 0.15) is 50.4 Å². The van der Waals surface area contributed by atoms with E-state index in [0.29, 0.717) is 23.2 Å². The molecule has 1 aromatic heterocycles. The predicted octanol–water partition coefficient (Wildman–Crippen LogP) is 4.80. The van der Waals surface area contributed by atoms with Gasteiger partial charge in [0.1, 0.15) is 11.9 Å². The minimum atomic E-state index is -4.10. The van der Waals surface area contributed by atoms with Gasteiger partial charge < -0.3 is 14.7 Å². The molecular formula is C28H35FN4O5S. The lowest BCUT2D eigenvalue weighted by atomic mass is 9.98. The van der Waals surface area contributed by atoms with Crippen molar-refractivity contribution in [3.8, 4) is 11.1 Å². The number of aromatic nitrogens is 1. The number of nitrogens with one attached hydrogen (secondary N) is 2. The molecule has 0 saturated carbocycles. The second-order valence-corrected chi connectivity index (χ2v) is 11.4. The number of nitrogens with zero attached hydrogens (tertiary/aromatic N) is 2. The molecule has 0 spiro atoms. The van der Waals surface area contributed by atoms with Gasteiger partial charge >= 0.3 is 0 Å². The van der Waals surface area contributed by atoms with E-state index in [1.54, 1.807) is 38.1 Å². The smallest absolute Gasteiger partial charge is 0.264 e. The van der Waals surface area contributed by atoms with E-state index in [4.69, 9.17) is 4.52 Å². The second-order valence-electron chi connectivity index (χ2n) is 9.70. The van der Waals surface area contributed by atoms with Crippen LogP contribution in [-0.4, -0.2) is 43.4 Å². The fourth-order valence-corrected chi connectivity index (χ4v) is 5.58. The number of anilines is 1. The van der Waals surface area contributed by atoms with Crippen molar-refractivity contribution in [2.75, 3.05) is 11.8 Å². The first-order valence-corrected chi connectivity index (χ1v) is 14.2. The average molecular weight is 559 g/mol. The number of aryl methyl sites for hydroxylation is 1. The molecule has 0 bridgehead atoms. The van der Waals surface area contributed by atoms with Crippen LogP contribution in [0.15, 0.2) is 51.9 Å². The summed E-state index contributed by atoms with van der Waals surface area (Å²) in [5.41, 5.74) is 1.95. The number of halogens is 1. The molecule has 3 aromatic rings. The van der Waals surface area contributed by atoms with Crippen molar-refractivity contribution in [1.29, 1.82) is 0 Å². The average Bonchev–Trinajstić information content (AvgIpc) is 3.20. The third kappa shape index (κ3) is 6.65. The zero-order valence-electron chi connectivity index (χ0n) is 23.0. The third-order valence-electron chi connectivity index (χ3n) is 6.53. The first kappa shape index (κ1) is 29.8. The van der Waals surface area contributed by atoms with Crippen molar-refractivity contribution in [1.82, 2.24) is 15.4 Å². The van der Waals surface area contributed by atoms with Gasteiger partial charge in [-0.1, -0.05) is 56.3 Å². The summed E-state index contributed by atoms with van der Waals surface area (Å²) in [4.78, 5) is 27.0. The lowest BCUT2D eigenvalue weighted by Crippen LogP contribution is -2.51. The van der Waals surface area contributed by atoms with Gasteiger partial charge in [0.25, 0.3) is 10.0 Å². The first-order chi connectivity index (χ1) is 18.4. The quantitative estimate of drug-likeness (QED) is 0.349. The van der Waals surface area contributed by atoms with E-state index < -0.39 is 21.9 Å². The fourth-order valence-electron chi connectivity index (χ4n) is 4.30. The Bertz CT molecular complexity index is 1450. The number of benzene rings is 2. The molecule has 0 fully saturated rings. The molecule has 0 radical (unpaired) electrons. The van der Waals surface area contributed by atoms with Crippen molar-refractivity contribution in [2.24, 2.45) is 5.92 Å². The zero-order chi connectivity index (χ0) is 28.9. The van der Waals surface area contributed by atoms with Crippen LogP contribution in [0.2, 0.25) is 0 Å². The Balaban J connectivity index is 1.98. The highest BCUT2D eigenvalue weighted by Gasteiger charge is 2.32. The Morgan fingerprint density at radius 1 is 1.13 bits per heavy atom. The number of likely N-dealkylation sites (N-methyl/N-ethyl adjacent to an activating group) is 1. The minimum Gasteiger partial charge on any atom is -0.357 e. The molecule has 0 unspecified atom stereocenters. The van der Waals surface area contributed by atoms with Crippen LogP contribution in [0.5, 0.6) is 0 Å². The standard InChI is InChI=1S/C28H35FN4O5S/c1-7-10-25(34)33(26(17(2)3)27(35)30-6)16-21-14-13-20(15-23(21)29)22-11-8-9-12-24(22)39(36,37)32-28-18(4)19(5)31-38-28/h8-9,11-15,17,26,32H,7,10,16H2,1-6H3,(H,30,35)/t26-/m0/s1. The highest BCUT2D eigenvalue weighted by Crippen LogP contribution is 2.31. The number of hydrogen-bond donors (Lipinski definition) is 2. The van der Waals surface area contributed by atoms with Crippen LogP contribution in [0.25, 0.3) is 11.1 Å². The summed E-state index contributed by atoms with van der Waals surface area (Å²) < 4.78 is 49.5. The SMILES string of the molecule is CCCC(=O)N(Cc1ccc(-c2ccccc2S(=O)(=O)Nc2onc(C)c2C)cc1F)[C@H](C(=O)NC)C(C)C. The van der Waals surface area contributed by atoms with Crippen molar-refractivity contribution < 1.29 is 26.9 Å². The molecule has 210 valence electrons. The number of sulfonamides is 1. The van der Waals surface area contributed by atoms with Crippen molar-refractivity contribution >= 4 is 27.7 Å². The van der Waals surface area contributed by atoms with Crippen molar-refractivity contribution in [3.05, 3.63) is 65.1 Å². The number of carbonyl (C=O) groups excluding carboxylic acids is 2. The normalized spacial score (nSPS) is 12.3. The molecule has 9 nitrogen and oxygen atoms in total. The van der Waals surface area contributed by atoms with E-state index in [9.17, 15) is 18.0 Å². The first-order valence-electron chi connectivity index (χ1n) is 12.8. The zero-order valence-corrected chi connectivity index (χ0v) is 23.9. The summed E-state index contributed by atoms with van der Waals surface area (Å²) in [7, 11) is -2.60. The van der Waals surface area contributed by atoms with Crippen LogP contribution >= 0.6 is 0 Å². The lowest BCUT2D eigenvalue weighted by Gasteiger charge is -2.33. The van der Waals surface area contributed by atoms with E-state index in [2.05, 4.69) is 15.2 Å². The second kappa shape index (κ2) is 12.4. The van der Waals surface area contributed by atoms with E-state index in [0.717, 1.165) is 0 Å². The summed E-state index contributed by atoms with van der Waals surface area (Å²) >= 11 is 0. The maximum absolute atomic E-state index is 15.5. The van der Waals surface area contributed by atoms with Gasteiger partial charge in [-0.25, -0.2) is 17.5 Å². The van der Waals surface area contributed by atoms with Crippen molar-refractivity contribution in [2.45, 2.75) is 64.9 Å². The van der Waals surface area contributed by atoms with Gasteiger partial charge in [0.15, 0.2) is 0 Å². The molecule has 2 N–H and O–H groups in total. The Labute approximate surface area is 228 Å². The van der Waals surface area contributed by atoms with E-state index >= 15 is 4.39 Å². The molecule has 0 aliphatic rings. The van der Waals surface area contributed by atoms with Gasteiger partial charge in [-0.05, 0) is 43.9 Å². The summed E-state index contributed by atoms with van der Waals surface area (Å²) in [6, 6.07) is 9.81. The maximum atomic E-state index is 15.5. The fraction of sp³-hybridized carbons (Fsp3) is 0.393. The molecule has 0 aliphatic heterocycles. The molecule has 0 aliphatic carbocycles. The summed E-state index contributed by atoms with van der Waals surface area (Å²) in [5, 5.41) is 6.38. The minimum absolute atomic E-state index is 0.0106. The maximum Gasteiger partial charge on any atom is 0.264 e. The molecule has 39 heavy (non-hydrogen) atoms. The van der Waals surface area contributed by atoms with Crippen LogP contribution in [0.3, 0.4) is 0 Å². The monoisotopic (exact) mass is 558 g/mol. The molecule has 11 heteroatoms. The van der Waals surface area contributed by atoms with E-state index in [-0.39, 0.29) is 52.6 Å². The number of carbonyl (C=O) groups is 2. The molecule has 0 saturated heterocycles. The molecular weight excluding hydrogens is 523 g/mol. The van der Waals surface area contributed by atoms with E-state index in [1.807, 2.05) is 20.8 Å². The molecule has 1 heterocycles. The van der Waals surface area contributed by atoms with Gasteiger partial charge in [-0.15, -0.1) is 0 Å². The van der Waals surface area contributed by atoms with Gasteiger partial charge in [0.05, 0.1) is 10.6 Å². The van der Waals surface area contributed by atoms with Crippen LogP contribution in [0.4, 0.5) is 10.3 Å². The lowest BCUT2D eigenvalue weighted by molar-refractivity contribution is -0.142. The summed E-state index contributed by atoms with van der Waals surface area (Å²) in [6.45, 7) is 8.81. The highest BCUT2D eigenvalue weighted by molar-refractivity contribution is 7.92. The number of amides is 2. The Hall–Kier alpha value is -3.73. The predicted molar refractivity (Wildman–Crippen MR) is 147 cm³/mol. The molecule has 3 rings (SSSR count).